The van der Waals surface area contributed by atoms with Crippen LogP contribution in [0.15, 0.2) is 51.9 Å². The summed E-state index contributed by atoms with van der Waals surface area (Å²) in [5.41, 5.74) is 2.86. The van der Waals surface area contributed by atoms with Crippen LogP contribution in [0.2, 0.25) is 0 Å². The summed E-state index contributed by atoms with van der Waals surface area (Å²) in [6, 6.07) is 12.0. The molecule has 38 heavy (non-hydrogen) atoms. The van der Waals surface area contributed by atoms with Gasteiger partial charge >= 0.3 is 6.09 Å². The molecule has 11 heteroatoms. The van der Waals surface area contributed by atoms with Crippen molar-refractivity contribution in [2.45, 2.75) is 64.0 Å². The van der Waals surface area contributed by atoms with Gasteiger partial charge in [-0.05, 0) is 63.4 Å². The maximum Gasteiger partial charge on any atom is 0.408 e. The van der Waals surface area contributed by atoms with E-state index in [0.29, 0.717) is 5.17 Å². The Morgan fingerprint density at radius 1 is 1.16 bits per heavy atom. The highest BCUT2D eigenvalue weighted by molar-refractivity contribution is 9.10. The minimum Gasteiger partial charge on any atom is -0.444 e. The van der Waals surface area contributed by atoms with Gasteiger partial charge in [-0.3, -0.25) is 4.79 Å². The zero-order valence-electron chi connectivity index (χ0n) is 22.0. The molecule has 0 aromatic heterocycles. The lowest BCUT2D eigenvalue weighted by atomic mass is 10.1. The topological polar surface area (TPSA) is 105 Å². The molecule has 3 atom stereocenters. The molecule has 2 fully saturated rings. The van der Waals surface area contributed by atoms with Crippen LogP contribution in [0.4, 0.5) is 10.5 Å². The molecule has 2 aromatic carbocycles. The van der Waals surface area contributed by atoms with Crippen LogP contribution in [0, 0.1) is 13.8 Å². The summed E-state index contributed by atoms with van der Waals surface area (Å²) in [6.07, 6.45) is -0.469. The van der Waals surface area contributed by atoms with E-state index in [1.807, 2.05) is 61.2 Å². The standard InChI is InChI=1S/C27H32BrN3O5S2/c1-16-11-19(28)12-17(2)23(16)31-21-14-38(34,35)15-22(21)37-25(31)30-24(32)20(13-18-9-7-6-8-10-18)29-26(33)36-27(3,4)5/h6-12,20-22H,13-15H2,1-5H3,(H,29,33)/t20-,21+,22+/m0/s1. The van der Waals surface area contributed by atoms with Gasteiger partial charge < -0.3 is 15.0 Å². The van der Waals surface area contributed by atoms with Crippen molar-refractivity contribution < 1.29 is 22.7 Å². The summed E-state index contributed by atoms with van der Waals surface area (Å²) in [7, 11) is -3.21. The number of carbonyl (C=O) groups is 2. The predicted octanol–water partition coefficient (Wildman–Crippen LogP) is 4.80. The van der Waals surface area contributed by atoms with Crippen LogP contribution in [-0.4, -0.2) is 60.0 Å². The van der Waals surface area contributed by atoms with Crippen molar-refractivity contribution in [3.63, 3.8) is 0 Å². The van der Waals surface area contributed by atoms with Crippen LogP contribution in [0.5, 0.6) is 0 Å². The fraction of sp³-hybridized carbons (Fsp3) is 0.444. The Bertz CT molecular complexity index is 1350. The zero-order chi connectivity index (χ0) is 27.8. The fourth-order valence-electron chi connectivity index (χ4n) is 4.78. The van der Waals surface area contributed by atoms with E-state index in [4.69, 9.17) is 4.74 Å². The molecule has 2 heterocycles. The highest BCUT2D eigenvalue weighted by Crippen LogP contribution is 2.43. The first-order valence-corrected chi connectivity index (χ1v) is 15.8. The molecule has 0 saturated carbocycles. The highest BCUT2D eigenvalue weighted by atomic mass is 79.9. The molecular weight excluding hydrogens is 590 g/mol. The number of amidine groups is 1. The second kappa shape index (κ2) is 11.0. The normalized spacial score (nSPS) is 22.3. The van der Waals surface area contributed by atoms with Crippen LogP contribution < -0.4 is 10.2 Å². The molecule has 1 N–H and O–H groups in total. The smallest absolute Gasteiger partial charge is 0.408 e. The quantitative estimate of drug-likeness (QED) is 0.511. The second-order valence-corrected chi connectivity index (χ2v) is 15.0. The third kappa shape index (κ3) is 6.79. The number of benzene rings is 2. The van der Waals surface area contributed by atoms with Crippen LogP contribution in [0.25, 0.3) is 0 Å². The molecule has 0 spiro atoms. The van der Waals surface area contributed by atoms with Crippen molar-refractivity contribution in [2.75, 3.05) is 16.4 Å². The van der Waals surface area contributed by atoms with Gasteiger partial charge in [0.2, 0.25) is 0 Å². The van der Waals surface area contributed by atoms with Gasteiger partial charge in [0, 0.05) is 21.8 Å². The molecule has 2 aliphatic heterocycles. The molecule has 0 aliphatic carbocycles. The highest BCUT2D eigenvalue weighted by Gasteiger charge is 2.50. The first-order chi connectivity index (χ1) is 17.7. The number of sulfone groups is 1. The van der Waals surface area contributed by atoms with Gasteiger partial charge in [0.05, 0.1) is 17.5 Å². The predicted molar refractivity (Wildman–Crippen MR) is 156 cm³/mol. The number of thioether (sulfide) groups is 1. The Balaban J connectivity index is 1.70. The molecule has 8 nitrogen and oxygen atoms in total. The van der Waals surface area contributed by atoms with Crippen LogP contribution in [0.1, 0.15) is 37.5 Å². The summed E-state index contributed by atoms with van der Waals surface area (Å²) in [6.45, 7) is 9.17. The molecular formula is C27H32BrN3O5S2. The van der Waals surface area contributed by atoms with E-state index in [2.05, 4.69) is 26.2 Å². The number of anilines is 1. The fourth-order valence-corrected chi connectivity index (χ4v) is 9.37. The van der Waals surface area contributed by atoms with Gasteiger partial charge in [-0.15, -0.1) is 0 Å². The number of ether oxygens (including phenoxy) is 1. The number of halogens is 1. The van der Waals surface area contributed by atoms with Crippen molar-refractivity contribution in [3.05, 3.63) is 63.6 Å². The summed E-state index contributed by atoms with van der Waals surface area (Å²) >= 11 is 4.83. The third-order valence-electron chi connectivity index (χ3n) is 6.24. The van der Waals surface area contributed by atoms with Gasteiger partial charge in [0.15, 0.2) is 15.0 Å². The Labute approximate surface area is 236 Å². The minimum atomic E-state index is -3.21. The maximum absolute atomic E-state index is 13.6. The summed E-state index contributed by atoms with van der Waals surface area (Å²) in [5.74, 6) is -0.497. The summed E-state index contributed by atoms with van der Waals surface area (Å²) < 4.78 is 31.3. The molecule has 2 amide bonds. The van der Waals surface area contributed by atoms with Gasteiger partial charge in [0.1, 0.15) is 11.6 Å². The monoisotopic (exact) mass is 621 g/mol. The average molecular weight is 623 g/mol. The first kappa shape index (κ1) is 28.6. The second-order valence-electron chi connectivity index (χ2n) is 10.7. The van der Waals surface area contributed by atoms with Crippen molar-refractivity contribution >= 4 is 60.4 Å². The summed E-state index contributed by atoms with van der Waals surface area (Å²) in [4.78, 5) is 32.7. The number of alkyl carbamates (subject to hydrolysis) is 1. The Morgan fingerprint density at radius 2 is 1.79 bits per heavy atom. The molecule has 0 bridgehead atoms. The van der Waals surface area contributed by atoms with Gasteiger partial charge in [0.25, 0.3) is 5.91 Å². The number of rotatable bonds is 5. The maximum atomic E-state index is 13.6. The van der Waals surface area contributed by atoms with Crippen molar-refractivity contribution in [1.29, 1.82) is 0 Å². The molecule has 0 unspecified atom stereocenters. The number of amides is 2. The van der Waals surface area contributed by atoms with E-state index < -0.39 is 33.5 Å². The van der Waals surface area contributed by atoms with E-state index in [1.54, 1.807) is 20.8 Å². The van der Waals surface area contributed by atoms with Crippen LogP contribution in [0.3, 0.4) is 0 Å². The number of hydrogen-bond donors (Lipinski definition) is 1. The number of hydrogen-bond acceptors (Lipinski definition) is 6. The van der Waals surface area contributed by atoms with E-state index in [9.17, 15) is 18.0 Å². The SMILES string of the molecule is Cc1cc(Br)cc(C)c1N1C(=NC(=O)[C@H](Cc2ccccc2)NC(=O)OC(C)(C)C)S[C@@H]2CS(=O)(=O)C[C@H]21. The number of aliphatic imine (C=N–C) groups is 1. The van der Waals surface area contributed by atoms with Crippen molar-refractivity contribution in [2.24, 2.45) is 4.99 Å². The molecule has 204 valence electrons. The molecule has 4 rings (SSSR count). The van der Waals surface area contributed by atoms with E-state index in [-0.39, 0.29) is 29.2 Å². The van der Waals surface area contributed by atoms with Crippen molar-refractivity contribution in [1.82, 2.24) is 5.32 Å². The number of carbonyl (C=O) groups excluding carboxylic acids is 2. The van der Waals surface area contributed by atoms with Crippen LogP contribution in [-0.2, 0) is 25.8 Å². The average Bonchev–Trinajstić information content (AvgIpc) is 3.23. The number of fused-ring (bicyclic) bond motifs is 1. The molecule has 0 radical (unpaired) electrons. The number of nitrogens with zero attached hydrogens (tertiary/aromatic N) is 2. The minimum absolute atomic E-state index is 0.00355. The van der Waals surface area contributed by atoms with Gasteiger partial charge in [-0.2, -0.15) is 4.99 Å². The molecule has 2 aromatic rings. The van der Waals surface area contributed by atoms with E-state index in [0.717, 1.165) is 26.9 Å². The number of aryl methyl sites for hydroxylation is 2. The Hall–Kier alpha value is -2.37. The van der Waals surface area contributed by atoms with Crippen LogP contribution >= 0.6 is 27.7 Å². The lowest BCUT2D eigenvalue weighted by Crippen LogP contribution is -2.45. The lowest BCUT2D eigenvalue weighted by Gasteiger charge is -2.28. The van der Waals surface area contributed by atoms with E-state index in [1.165, 1.54) is 11.8 Å². The first-order valence-electron chi connectivity index (χ1n) is 12.3. The molecule has 2 aliphatic rings. The largest absolute Gasteiger partial charge is 0.444 e. The van der Waals surface area contributed by atoms with E-state index >= 15 is 0 Å². The van der Waals surface area contributed by atoms with Crippen molar-refractivity contribution in [3.8, 4) is 0 Å². The molecule has 2 saturated heterocycles. The lowest BCUT2D eigenvalue weighted by molar-refractivity contribution is -0.119. The third-order valence-corrected chi connectivity index (χ3v) is 9.91. The van der Waals surface area contributed by atoms with Gasteiger partial charge in [-0.25, -0.2) is 13.2 Å². The Kier molecular flexibility index (Phi) is 8.30. The van der Waals surface area contributed by atoms with Gasteiger partial charge in [-0.1, -0.05) is 58.0 Å². The number of nitrogens with one attached hydrogen (secondary N) is 1. The Morgan fingerprint density at radius 3 is 2.39 bits per heavy atom. The summed E-state index contributed by atoms with van der Waals surface area (Å²) in [5, 5.41) is 2.90. The zero-order valence-corrected chi connectivity index (χ0v) is 25.2.